The predicted molar refractivity (Wildman–Crippen MR) is 58.7 cm³/mol. The summed E-state index contributed by atoms with van der Waals surface area (Å²) in [6, 6.07) is 3.90. The number of alkyl halides is 2. The van der Waals surface area contributed by atoms with Crippen molar-refractivity contribution in [1.29, 1.82) is 0 Å². The highest BCUT2D eigenvalue weighted by Gasteiger charge is 2.11. The number of ether oxygens (including phenoxy) is 1. The molecule has 0 spiro atoms. The number of nitro groups is 1. The van der Waals surface area contributed by atoms with Crippen LogP contribution in [0.5, 0.6) is 5.75 Å². The molecule has 0 aliphatic carbocycles. The predicted octanol–water partition coefficient (Wildman–Crippen LogP) is 3.58. The zero-order chi connectivity index (χ0) is 13.0. The Kier molecular flexibility index (Phi) is 4.39. The van der Waals surface area contributed by atoms with E-state index in [1.165, 1.54) is 25.1 Å². The second kappa shape index (κ2) is 5.58. The van der Waals surface area contributed by atoms with Crippen molar-refractivity contribution in [3.8, 4) is 5.75 Å². The van der Waals surface area contributed by atoms with E-state index >= 15 is 0 Å². The molecule has 17 heavy (non-hydrogen) atoms. The van der Waals surface area contributed by atoms with Crippen LogP contribution < -0.4 is 4.74 Å². The maximum absolute atomic E-state index is 12.1. The number of hydrogen-bond donors (Lipinski definition) is 0. The van der Waals surface area contributed by atoms with E-state index in [1.807, 2.05) is 0 Å². The number of hydrogen-bond acceptors (Lipinski definition) is 3. The van der Waals surface area contributed by atoms with Crippen molar-refractivity contribution in [1.82, 2.24) is 0 Å². The van der Waals surface area contributed by atoms with Gasteiger partial charge in [-0.05, 0) is 18.2 Å². The lowest BCUT2D eigenvalue weighted by atomic mass is 10.1. The standard InChI is InChI=1S/C10H8ClF2NO3/c1-6(14(15)16)4-7-5-8(11)2-3-9(7)17-10(12)13/h2-5,10H,1H3/b6-4+. The zero-order valence-corrected chi connectivity index (χ0v) is 9.45. The molecule has 0 radical (unpaired) electrons. The van der Waals surface area contributed by atoms with Crippen molar-refractivity contribution in [2.45, 2.75) is 13.5 Å². The Morgan fingerprint density at radius 1 is 1.59 bits per heavy atom. The van der Waals surface area contributed by atoms with Crippen molar-refractivity contribution in [2.75, 3.05) is 0 Å². The van der Waals surface area contributed by atoms with Gasteiger partial charge in [-0.15, -0.1) is 0 Å². The number of nitrogens with zero attached hydrogens (tertiary/aromatic N) is 1. The molecule has 0 bridgehead atoms. The van der Waals surface area contributed by atoms with E-state index in [4.69, 9.17) is 11.6 Å². The molecule has 0 saturated heterocycles. The molecule has 92 valence electrons. The number of halogens is 3. The fourth-order valence-electron chi connectivity index (χ4n) is 1.11. The first-order valence-electron chi connectivity index (χ1n) is 4.47. The largest absolute Gasteiger partial charge is 0.434 e. The molecule has 0 N–H and O–H groups in total. The topological polar surface area (TPSA) is 52.4 Å². The maximum Gasteiger partial charge on any atom is 0.387 e. The number of benzene rings is 1. The van der Waals surface area contributed by atoms with Gasteiger partial charge in [0, 0.05) is 23.6 Å². The van der Waals surface area contributed by atoms with E-state index in [0.717, 1.165) is 6.08 Å². The van der Waals surface area contributed by atoms with Crippen LogP contribution in [0.3, 0.4) is 0 Å². The van der Waals surface area contributed by atoms with Crippen molar-refractivity contribution in [2.24, 2.45) is 0 Å². The summed E-state index contributed by atoms with van der Waals surface area (Å²) in [4.78, 5) is 9.81. The first kappa shape index (κ1) is 13.4. The SMILES string of the molecule is C/C(=C\c1cc(Cl)ccc1OC(F)F)[N+](=O)[O-]. The molecule has 0 amide bonds. The zero-order valence-electron chi connectivity index (χ0n) is 8.69. The molecule has 0 aliphatic rings. The summed E-state index contributed by atoms with van der Waals surface area (Å²) in [5, 5.41) is 10.7. The Balaban J connectivity index is 3.15. The van der Waals surface area contributed by atoms with Crippen LogP contribution in [0, 0.1) is 10.1 Å². The number of rotatable bonds is 4. The minimum Gasteiger partial charge on any atom is -0.434 e. The first-order chi connectivity index (χ1) is 7.90. The minimum absolute atomic E-state index is 0.131. The summed E-state index contributed by atoms with van der Waals surface area (Å²) in [6.45, 7) is -1.76. The molecule has 4 nitrogen and oxygen atoms in total. The van der Waals surface area contributed by atoms with Crippen molar-refractivity contribution in [3.05, 3.63) is 44.6 Å². The van der Waals surface area contributed by atoms with E-state index in [1.54, 1.807) is 0 Å². The Hall–Kier alpha value is -1.69. The first-order valence-corrected chi connectivity index (χ1v) is 4.85. The lowest BCUT2D eigenvalue weighted by molar-refractivity contribution is -0.422. The third-order valence-corrected chi connectivity index (χ3v) is 2.08. The molecular weight excluding hydrogens is 256 g/mol. The average molecular weight is 264 g/mol. The number of allylic oxidation sites excluding steroid dienone is 1. The van der Waals surface area contributed by atoms with Gasteiger partial charge in [0.2, 0.25) is 5.70 Å². The van der Waals surface area contributed by atoms with Gasteiger partial charge < -0.3 is 4.74 Å². The van der Waals surface area contributed by atoms with E-state index in [0.29, 0.717) is 0 Å². The van der Waals surface area contributed by atoms with Crippen LogP contribution in [0.2, 0.25) is 5.02 Å². The lowest BCUT2D eigenvalue weighted by Gasteiger charge is -2.07. The van der Waals surface area contributed by atoms with Gasteiger partial charge in [0.05, 0.1) is 4.92 Å². The van der Waals surface area contributed by atoms with Crippen LogP contribution in [-0.2, 0) is 0 Å². The summed E-state index contributed by atoms with van der Waals surface area (Å²) >= 11 is 5.67. The van der Waals surface area contributed by atoms with E-state index in [2.05, 4.69) is 4.74 Å². The van der Waals surface area contributed by atoms with Crippen LogP contribution in [0.15, 0.2) is 23.9 Å². The normalized spacial score (nSPS) is 11.7. The molecule has 1 aromatic rings. The third-order valence-electron chi connectivity index (χ3n) is 1.84. The summed E-state index contributed by atoms with van der Waals surface area (Å²) in [5.74, 6) is -0.161. The monoisotopic (exact) mass is 263 g/mol. The van der Waals surface area contributed by atoms with Gasteiger partial charge in [-0.1, -0.05) is 11.6 Å². The van der Waals surface area contributed by atoms with Gasteiger partial charge in [-0.3, -0.25) is 10.1 Å². The summed E-state index contributed by atoms with van der Waals surface area (Å²) in [5.41, 5.74) is -0.0709. The molecule has 0 aromatic heterocycles. The molecule has 0 saturated carbocycles. The Labute approximate surface area is 101 Å². The van der Waals surface area contributed by atoms with Crippen LogP contribution in [0.4, 0.5) is 8.78 Å². The lowest BCUT2D eigenvalue weighted by Crippen LogP contribution is -2.03. The molecule has 7 heteroatoms. The average Bonchev–Trinajstić information content (AvgIpc) is 2.21. The van der Waals surface area contributed by atoms with Crippen LogP contribution in [0.25, 0.3) is 6.08 Å². The molecule has 0 heterocycles. The van der Waals surface area contributed by atoms with Crippen LogP contribution >= 0.6 is 11.6 Å². The Morgan fingerprint density at radius 3 is 2.76 bits per heavy atom. The second-order valence-corrected chi connectivity index (χ2v) is 3.54. The van der Waals surface area contributed by atoms with Gasteiger partial charge in [0.1, 0.15) is 5.75 Å². The van der Waals surface area contributed by atoms with Gasteiger partial charge >= 0.3 is 6.61 Å². The maximum atomic E-state index is 12.1. The van der Waals surface area contributed by atoms with E-state index in [9.17, 15) is 18.9 Å². The van der Waals surface area contributed by atoms with Gasteiger partial charge in [-0.25, -0.2) is 0 Å². The Morgan fingerprint density at radius 2 is 2.24 bits per heavy atom. The quantitative estimate of drug-likeness (QED) is 0.616. The van der Waals surface area contributed by atoms with Crippen molar-refractivity contribution < 1.29 is 18.4 Å². The molecule has 0 atom stereocenters. The second-order valence-electron chi connectivity index (χ2n) is 3.10. The van der Waals surface area contributed by atoms with Crippen molar-refractivity contribution >= 4 is 17.7 Å². The van der Waals surface area contributed by atoms with Crippen molar-refractivity contribution in [3.63, 3.8) is 0 Å². The highest BCUT2D eigenvalue weighted by Crippen LogP contribution is 2.26. The highest BCUT2D eigenvalue weighted by molar-refractivity contribution is 6.30. The molecule has 0 fully saturated rings. The minimum atomic E-state index is -3.00. The van der Waals surface area contributed by atoms with Gasteiger partial charge in [0.25, 0.3) is 0 Å². The van der Waals surface area contributed by atoms with Crippen LogP contribution in [-0.4, -0.2) is 11.5 Å². The highest BCUT2D eigenvalue weighted by atomic mass is 35.5. The van der Waals surface area contributed by atoms with Gasteiger partial charge in [0.15, 0.2) is 0 Å². The Bertz CT molecular complexity index is 463. The van der Waals surface area contributed by atoms with E-state index in [-0.39, 0.29) is 22.0 Å². The fourth-order valence-corrected chi connectivity index (χ4v) is 1.29. The molecular formula is C10H8ClF2NO3. The summed E-state index contributed by atoms with van der Waals surface area (Å²) in [7, 11) is 0. The summed E-state index contributed by atoms with van der Waals surface area (Å²) in [6.07, 6.45) is 1.11. The van der Waals surface area contributed by atoms with E-state index < -0.39 is 11.5 Å². The molecule has 1 rings (SSSR count). The molecule has 0 unspecified atom stereocenters. The fraction of sp³-hybridized carbons (Fsp3) is 0.200. The van der Waals surface area contributed by atoms with Gasteiger partial charge in [-0.2, -0.15) is 8.78 Å². The summed E-state index contributed by atoms with van der Waals surface area (Å²) < 4.78 is 28.4. The molecule has 1 aromatic carbocycles. The molecule has 0 aliphatic heterocycles. The third kappa shape index (κ3) is 3.99. The smallest absolute Gasteiger partial charge is 0.387 e. The van der Waals surface area contributed by atoms with Crippen LogP contribution in [0.1, 0.15) is 12.5 Å².